The molecule has 3 amide bonds. The Morgan fingerprint density at radius 1 is 1.06 bits per heavy atom. The fraction of sp³-hybridized carbons (Fsp3) is 0.483. The number of aromatic nitrogens is 1. The number of aromatic amines is 1. The van der Waals surface area contributed by atoms with Crippen molar-refractivity contribution in [3.05, 3.63) is 53.4 Å². The van der Waals surface area contributed by atoms with Crippen molar-refractivity contribution in [1.82, 2.24) is 20.5 Å². The van der Waals surface area contributed by atoms with E-state index in [0.29, 0.717) is 6.42 Å². The standard InChI is InChI=1S/C29H42N4O3/c1-18(2)13-14-25-23(22-11-9-10-12-24(22)32-25)15-16-30-28(35)26(17-19(3)4)33(8)29(36)27(20(5)6)31-21(7)34/h9-13,15-16,19-20,26-27,32H,14,17H2,1-8H3,(H,30,35)(H,31,34). The Kier molecular flexibility index (Phi) is 10.5. The van der Waals surface area contributed by atoms with Gasteiger partial charge in [0.2, 0.25) is 17.7 Å². The average Bonchev–Trinajstić information content (AvgIpc) is 3.15. The van der Waals surface area contributed by atoms with Gasteiger partial charge in [-0.1, -0.05) is 57.5 Å². The third-order valence-corrected chi connectivity index (χ3v) is 6.12. The molecular formula is C29H42N4O3. The molecule has 0 saturated heterocycles. The van der Waals surface area contributed by atoms with Crippen molar-refractivity contribution in [3.63, 3.8) is 0 Å². The smallest absolute Gasteiger partial charge is 0.246 e. The average molecular weight is 495 g/mol. The SMILES string of the molecule is CC(=O)NC(C(=O)N(C)C(CC(C)C)C(=O)NC=Cc1c(CC=C(C)C)[nH]c2ccccc12)C(C)C. The Morgan fingerprint density at radius 2 is 1.72 bits per heavy atom. The number of hydrogen-bond donors (Lipinski definition) is 3. The summed E-state index contributed by atoms with van der Waals surface area (Å²) in [7, 11) is 1.63. The van der Waals surface area contributed by atoms with Crippen molar-refractivity contribution in [1.29, 1.82) is 0 Å². The molecule has 0 aliphatic carbocycles. The molecule has 2 atom stereocenters. The van der Waals surface area contributed by atoms with Crippen LogP contribution in [0.4, 0.5) is 0 Å². The summed E-state index contributed by atoms with van der Waals surface area (Å²) in [5.74, 6) is -0.710. The first-order valence-corrected chi connectivity index (χ1v) is 12.7. The predicted molar refractivity (Wildman–Crippen MR) is 147 cm³/mol. The van der Waals surface area contributed by atoms with Crippen molar-refractivity contribution < 1.29 is 14.4 Å². The minimum Gasteiger partial charge on any atom is -0.358 e. The second-order valence-corrected chi connectivity index (χ2v) is 10.4. The van der Waals surface area contributed by atoms with Gasteiger partial charge >= 0.3 is 0 Å². The Hall–Kier alpha value is -3.35. The Labute approximate surface area is 215 Å². The van der Waals surface area contributed by atoms with Crippen LogP contribution in [0.3, 0.4) is 0 Å². The molecule has 0 saturated carbocycles. The lowest BCUT2D eigenvalue weighted by Gasteiger charge is -2.32. The van der Waals surface area contributed by atoms with Gasteiger partial charge in [-0.25, -0.2) is 0 Å². The molecule has 0 aliphatic rings. The summed E-state index contributed by atoms with van der Waals surface area (Å²) in [5, 5.41) is 6.71. The van der Waals surface area contributed by atoms with Crippen molar-refractivity contribution in [3.8, 4) is 0 Å². The lowest BCUT2D eigenvalue weighted by molar-refractivity contribution is -0.142. The van der Waals surface area contributed by atoms with Crippen LogP contribution in [-0.2, 0) is 20.8 Å². The number of allylic oxidation sites excluding steroid dienone is 2. The molecule has 1 aromatic carbocycles. The van der Waals surface area contributed by atoms with Crippen molar-refractivity contribution in [2.75, 3.05) is 7.05 Å². The number of rotatable bonds is 11. The fourth-order valence-corrected chi connectivity index (χ4v) is 4.17. The summed E-state index contributed by atoms with van der Waals surface area (Å²) in [4.78, 5) is 43.1. The third-order valence-electron chi connectivity index (χ3n) is 6.12. The Balaban J connectivity index is 2.27. The summed E-state index contributed by atoms with van der Waals surface area (Å²) in [6.07, 6.45) is 7.00. The maximum atomic E-state index is 13.3. The van der Waals surface area contributed by atoms with Crippen LogP contribution in [0, 0.1) is 11.8 Å². The zero-order valence-corrected chi connectivity index (χ0v) is 22.9. The van der Waals surface area contributed by atoms with Crippen LogP contribution < -0.4 is 10.6 Å². The summed E-state index contributed by atoms with van der Waals surface area (Å²) in [6.45, 7) is 13.3. The molecule has 0 radical (unpaired) electrons. The number of carbonyl (C=O) groups is 3. The molecule has 0 aliphatic heterocycles. The first-order chi connectivity index (χ1) is 16.9. The molecule has 2 unspecified atom stereocenters. The number of likely N-dealkylation sites (N-methyl/N-ethyl adjacent to an activating group) is 1. The van der Waals surface area contributed by atoms with Gasteiger partial charge in [0, 0.05) is 48.8 Å². The second-order valence-electron chi connectivity index (χ2n) is 10.4. The highest BCUT2D eigenvalue weighted by Crippen LogP contribution is 2.24. The molecule has 2 rings (SSSR count). The zero-order chi connectivity index (χ0) is 27.0. The number of hydrogen-bond acceptors (Lipinski definition) is 3. The van der Waals surface area contributed by atoms with Crippen LogP contribution in [0.1, 0.15) is 66.1 Å². The summed E-state index contributed by atoms with van der Waals surface area (Å²) < 4.78 is 0. The van der Waals surface area contributed by atoms with Crippen LogP contribution in [0.5, 0.6) is 0 Å². The topological polar surface area (TPSA) is 94.3 Å². The summed E-state index contributed by atoms with van der Waals surface area (Å²) in [6, 6.07) is 6.74. The van der Waals surface area contributed by atoms with Crippen molar-refractivity contribution >= 4 is 34.7 Å². The molecule has 0 bridgehead atoms. The van der Waals surface area contributed by atoms with Crippen molar-refractivity contribution in [2.45, 2.75) is 73.4 Å². The molecule has 7 heteroatoms. The molecule has 0 spiro atoms. The van der Waals surface area contributed by atoms with Gasteiger partial charge in [0.15, 0.2) is 0 Å². The van der Waals surface area contributed by atoms with E-state index in [4.69, 9.17) is 0 Å². The molecule has 196 valence electrons. The van der Waals surface area contributed by atoms with E-state index in [-0.39, 0.29) is 29.6 Å². The maximum Gasteiger partial charge on any atom is 0.246 e. The lowest BCUT2D eigenvalue weighted by Crippen LogP contribution is -2.55. The maximum absolute atomic E-state index is 13.3. The first kappa shape index (κ1) is 28.9. The molecule has 0 fully saturated rings. The number of fused-ring (bicyclic) bond motifs is 1. The third kappa shape index (κ3) is 7.83. The van der Waals surface area contributed by atoms with Gasteiger partial charge in [0.05, 0.1) is 0 Å². The van der Waals surface area contributed by atoms with E-state index in [1.165, 1.54) is 17.4 Å². The van der Waals surface area contributed by atoms with Gasteiger partial charge in [0.1, 0.15) is 12.1 Å². The van der Waals surface area contributed by atoms with Crippen LogP contribution in [0.15, 0.2) is 42.1 Å². The zero-order valence-electron chi connectivity index (χ0n) is 22.9. The highest BCUT2D eigenvalue weighted by molar-refractivity contribution is 5.93. The molecule has 7 nitrogen and oxygen atoms in total. The van der Waals surface area contributed by atoms with Gasteiger partial charge in [-0.3, -0.25) is 14.4 Å². The first-order valence-electron chi connectivity index (χ1n) is 12.7. The van der Waals surface area contributed by atoms with Gasteiger partial charge < -0.3 is 20.5 Å². The molecule has 3 N–H and O–H groups in total. The largest absolute Gasteiger partial charge is 0.358 e. The minimum absolute atomic E-state index is 0.104. The fourth-order valence-electron chi connectivity index (χ4n) is 4.17. The predicted octanol–water partition coefficient (Wildman–Crippen LogP) is 4.80. The minimum atomic E-state index is -0.686. The summed E-state index contributed by atoms with van der Waals surface area (Å²) >= 11 is 0. The van der Waals surface area contributed by atoms with Crippen LogP contribution in [0.2, 0.25) is 0 Å². The van der Waals surface area contributed by atoms with Crippen LogP contribution >= 0.6 is 0 Å². The number of carbonyl (C=O) groups excluding carboxylic acids is 3. The van der Waals surface area contributed by atoms with E-state index in [1.807, 2.05) is 52.0 Å². The monoisotopic (exact) mass is 494 g/mol. The van der Waals surface area contributed by atoms with E-state index < -0.39 is 12.1 Å². The normalized spacial score (nSPS) is 13.2. The Morgan fingerprint density at radius 3 is 2.31 bits per heavy atom. The number of amides is 3. The van der Waals surface area contributed by atoms with E-state index in [9.17, 15) is 14.4 Å². The van der Waals surface area contributed by atoms with E-state index >= 15 is 0 Å². The van der Waals surface area contributed by atoms with Gasteiger partial charge in [-0.05, 0) is 44.2 Å². The van der Waals surface area contributed by atoms with Crippen molar-refractivity contribution in [2.24, 2.45) is 11.8 Å². The Bertz CT molecular complexity index is 1120. The van der Waals surface area contributed by atoms with Gasteiger partial charge in [-0.2, -0.15) is 0 Å². The van der Waals surface area contributed by atoms with E-state index in [0.717, 1.165) is 28.6 Å². The molecular weight excluding hydrogens is 452 g/mol. The number of H-pyrrole nitrogens is 1. The molecule has 1 heterocycles. The number of benzene rings is 1. The second kappa shape index (κ2) is 13.1. The number of nitrogens with zero attached hydrogens (tertiary/aromatic N) is 1. The van der Waals surface area contributed by atoms with Gasteiger partial charge in [-0.15, -0.1) is 0 Å². The molecule has 2 aromatic rings. The lowest BCUT2D eigenvalue weighted by atomic mass is 9.98. The van der Waals surface area contributed by atoms with E-state index in [2.05, 4.69) is 41.6 Å². The molecule has 36 heavy (non-hydrogen) atoms. The van der Waals surface area contributed by atoms with E-state index in [1.54, 1.807) is 13.2 Å². The number of para-hydroxylation sites is 1. The molecule has 1 aromatic heterocycles. The van der Waals surface area contributed by atoms with Gasteiger partial charge in [0.25, 0.3) is 0 Å². The highest BCUT2D eigenvalue weighted by atomic mass is 16.2. The highest BCUT2D eigenvalue weighted by Gasteiger charge is 2.33. The van der Waals surface area contributed by atoms with Crippen LogP contribution in [-0.4, -0.2) is 46.7 Å². The quantitative estimate of drug-likeness (QED) is 0.392. The number of nitrogens with one attached hydrogen (secondary N) is 3. The van der Waals surface area contributed by atoms with Crippen LogP contribution in [0.25, 0.3) is 17.0 Å². The summed E-state index contributed by atoms with van der Waals surface area (Å²) in [5.41, 5.74) is 4.38.